The fourth-order valence-corrected chi connectivity index (χ4v) is 3.28. The number of aromatic nitrogens is 2. The molecule has 4 rings (SSSR count). The first-order chi connectivity index (χ1) is 12.3. The first-order valence-electron chi connectivity index (χ1n) is 8.25. The van der Waals surface area contributed by atoms with Gasteiger partial charge < -0.3 is 19.6 Å². The maximum Gasteiger partial charge on any atom is 0.406 e. The molecule has 0 aliphatic carbocycles. The van der Waals surface area contributed by atoms with Crippen molar-refractivity contribution in [1.29, 1.82) is 0 Å². The molecule has 2 N–H and O–H groups in total. The highest BCUT2D eigenvalue weighted by atomic mass is 16.5. The van der Waals surface area contributed by atoms with Crippen molar-refractivity contribution in [2.75, 3.05) is 13.7 Å². The summed E-state index contributed by atoms with van der Waals surface area (Å²) >= 11 is 0. The molecule has 0 bridgehead atoms. The quantitative estimate of drug-likeness (QED) is 0.593. The lowest BCUT2D eigenvalue weighted by Gasteiger charge is -2.03. The van der Waals surface area contributed by atoms with Crippen molar-refractivity contribution in [2.45, 2.75) is 6.42 Å². The Morgan fingerprint density at radius 2 is 1.88 bits per heavy atom. The summed E-state index contributed by atoms with van der Waals surface area (Å²) in [6.45, 7) is 0.536. The van der Waals surface area contributed by atoms with Gasteiger partial charge in [-0.25, -0.2) is 4.79 Å². The second kappa shape index (κ2) is 6.36. The van der Waals surface area contributed by atoms with Crippen molar-refractivity contribution in [3.63, 3.8) is 0 Å². The third-order valence-corrected chi connectivity index (χ3v) is 4.47. The summed E-state index contributed by atoms with van der Waals surface area (Å²) in [5.74, 6) is 0. The Kier molecular flexibility index (Phi) is 3.90. The molecule has 0 atom stereocenters. The average molecular weight is 333 g/mol. The maximum atomic E-state index is 11.3. The van der Waals surface area contributed by atoms with E-state index in [1.54, 1.807) is 0 Å². The van der Waals surface area contributed by atoms with Gasteiger partial charge in [-0.3, -0.25) is 0 Å². The molecule has 4 aromatic rings. The van der Waals surface area contributed by atoms with Crippen LogP contribution in [0, 0.1) is 0 Å². The third kappa shape index (κ3) is 2.74. The zero-order valence-corrected chi connectivity index (χ0v) is 14.0. The number of carbonyl (C=O) groups is 1. The number of H-pyrrole nitrogens is 1. The monoisotopic (exact) mass is 333 g/mol. The van der Waals surface area contributed by atoms with Gasteiger partial charge in [0.15, 0.2) is 0 Å². The van der Waals surface area contributed by atoms with Gasteiger partial charge >= 0.3 is 6.09 Å². The lowest BCUT2D eigenvalue weighted by atomic mass is 10.1. The van der Waals surface area contributed by atoms with E-state index in [0.717, 1.165) is 23.1 Å². The molecule has 5 nitrogen and oxygen atoms in total. The minimum Gasteiger partial charge on any atom is -0.453 e. The molecule has 5 heteroatoms. The normalized spacial score (nSPS) is 11.1. The molecule has 25 heavy (non-hydrogen) atoms. The van der Waals surface area contributed by atoms with Crippen LogP contribution in [0.5, 0.6) is 0 Å². The predicted octanol–water partition coefficient (Wildman–Crippen LogP) is 4.01. The van der Waals surface area contributed by atoms with Crippen LogP contribution < -0.4 is 5.32 Å². The first kappa shape index (κ1) is 15.3. The molecule has 0 radical (unpaired) electrons. The van der Waals surface area contributed by atoms with E-state index in [-0.39, 0.29) is 0 Å². The number of carbonyl (C=O) groups excluding carboxylic acids is 1. The molecule has 0 spiro atoms. The number of amides is 1. The molecular formula is C20H19N3O2. The molecule has 126 valence electrons. The summed E-state index contributed by atoms with van der Waals surface area (Å²) in [6, 6.07) is 16.6. The van der Waals surface area contributed by atoms with Gasteiger partial charge in [0.2, 0.25) is 0 Å². The fraction of sp³-hybridized carbons (Fsp3) is 0.150. The van der Waals surface area contributed by atoms with Gasteiger partial charge in [0, 0.05) is 35.2 Å². The third-order valence-electron chi connectivity index (χ3n) is 4.47. The van der Waals surface area contributed by atoms with Gasteiger partial charge in [-0.05, 0) is 24.1 Å². The molecule has 1 amide bonds. The number of hydrogen-bond acceptors (Lipinski definition) is 2. The summed E-state index contributed by atoms with van der Waals surface area (Å²) in [7, 11) is 1.37. The summed E-state index contributed by atoms with van der Waals surface area (Å²) in [5.41, 5.74) is 4.58. The van der Waals surface area contributed by atoms with Gasteiger partial charge in [0.25, 0.3) is 0 Å². The molecule has 0 unspecified atom stereocenters. The Bertz CT molecular complexity index is 1050. The van der Waals surface area contributed by atoms with E-state index in [4.69, 9.17) is 0 Å². The number of alkyl carbamates (subject to hydrolysis) is 1. The first-order valence-corrected chi connectivity index (χ1v) is 8.25. The van der Waals surface area contributed by atoms with Gasteiger partial charge in [-0.2, -0.15) is 0 Å². The molecule has 0 aliphatic heterocycles. The molecular weight excluding hydrogens is 314 g/mol. The van der Waals surface area contributed by atoms with Crippen LogP contribution >= 0.6 is 0 Å². The second-order valence-electron chi connectivity index (χ2n) is 5.93. The molecule has 0 saturated carbocycles. The minimum absolute atomic E-state index is 0.402. The van der Waals surface area contributed by atoms with Crippen molar-refractivity contribution >= 4 is 27.9 Å². The van der Waals surface area contributed by atoms with Crippen molar-refractivity contribution in [2.24, 2.45) is 0 Å². The molecule has 0 saturated heterocycles. The number of rotatable bonds is 4. The molecule has 0 fully saturated rings. The highest BCUT2D eigenvalue weighted by Gasteiger charge is 2.12. The van der Waals surface area contributed by atoms with Crippen LogP contribution in [-0.2, 0) is 11.2 Å². The highest BCUT2D eigenvalue weighted by Crippen LogP contribution is 2.29. The zero-order valence-electron chi connectivity index (χ0n) is 14.0. The number of hydrogen-bond donors (Lipinski definition) is 2. The lowest BCUT2D eigenvalue weighted by molar-refractivity contribution is 0.171. The van der Waals surface area contributed by atoms with E-state index in [2.05, 4.69) is 50.1 Å². The summed E-state index contributed by atoms with van der Waals surface area (Å²) in [4.78, 5) is 14.6. The van der Waals surface area contributed by atoms with E-state index < -0.39 is 6.09 Å². The Labute approximate surface area is 145 Å². The summed E-state index contributed by atoms with van der Waals surface area (Å²) < 4.78 is 6.84. The standard InChI is InChI=1S/C20H19N3O2/c1-25-20(24)21-11-10-14-13-23(18-9-5-3-6-15(14)18)19-12-22-17-8-4-2-7-16(17)19/h2-9,12-13,22H,10-11H2,1H3,(H,21,24). The van der Waals surface area contributed by atoms with E-state index in [1.165, 1.54) is 23.4 Å². The Balaban J connectivity index is 1.76. The fourth-order valence-electron chi connectivity index (χ4n) is 3.28. The van der Waals surface area contributed by atoms with Crippen LogP contribution in [0.15, 0.2) is 60.9 Å². The van der Waals surface area contributed by atoms with Crippen LogP contribution in [-0.4, -0.2) is 29.3 Å². The van der Waals surface area contributed by atoms with E-state index in [0.29, 0.717) is 6.54 Å². The zero-order chi connectivity index (χ0) is 17.2. The van der Waals surface area contributed by atoms with Gasteiger partial charge in [-0.1, -0.05) is 36.4 Å². The Morgan fingerprint density at radius 3 is 2.72 bits per heavy atom. The molecule has 2 aromatic carbocycles. The van der Waals surface area contributed by atoms with Crippen molar-refractivity contribution < 1.29 is 9.53 Å². The van der Waals surface area contributed by atoms with Gasteiger partial charge in [0.05, 0.1) is 18.3 Å². The van der Waals surface area contributed by atoms with Crippen molar-refractivity contribution in [1.82, 2.24) is 14.9 Å². The van der Waals surface area contributed by atoms with E-state index in [1.807, 2.05) is 30.5 Å². The van der Waals surface area contributed by atoms with Crippen molar-refractivity contribution in [3.8, 4) is 5.69 Å². The SMILES string of the molecule is COC(=O)NCCc1cn(-c2c[nH]c3ccccc23)c2ccccc12. The number of benzene rings is 2. The average Bonchev–Trinajstić information content (AvgIpc) is 3.23. The molecule has 2 heterocycles. The van der Waals surface area contributed by atoms with Crippen molar-refractivity contribution in [3.05, 3.63) is 66.5 Å². The van der Waals surface area contributed by atoms with Gasteiger partial charge in [0.1, 0.15) is 0 Å². The highest BCUT2D eigenvalue weighted by molar-refractivity contribution is 5.93. The van der Waals surface area contributed by atoms with E-state index >= 15 is 0 Å². The Hall–Kier alpha value is -3.21. The maximum absolute atomic E-state index is 11.3. The number of aromatic amines is 1. The smallest absolute Gasteiger partial charge is 0.406 e. The number of methoxy groups -OCH3 is 1. The summed E-state index contributed by atoms with van der Waals surface area (Å²) in [6.07, 6.45) is 4.53. The summed E-state index contributed by atoms with van der Waals surface area (Å²) in [5, 5.41) is 5.12. The van der Waals surface area contributed by atoms with Crippen LogP contribution in [0.4, 0.5) is 4.79 Å². The largest absolute Gasteiger partial charge is 0.453 e. The number of fused-ring (bicyclic) bond motifs is 2. The van der Waals surface area contributed by atoms with Crippen LogP contribution in [0.2, 0.25) is 0 Å². The number of nitrogens with one attached hydrogen (secondary N) is 2. The second-order valence-corrected chi connectivity index (χ2v) is 5.93. The number of para-hydroxylation sites is 2. The number of nitrogens with zero attached hydrogens (tertiary/aromatic N) is 1. The molecule has 2 aromatic heterocycles. The van der Waals surface area contributed by atoms with Crippen LogP contribution in [0.25, 0.3) is 27.5 Å². The topological polar surface area (TPSA) is 59.0 Å². The van der Waals surface area contributed by atoms with Gasteiger partial charge in [-0.15, -0.1) is 0 Å². The van der Waals surface area contributed by atoms with Crippen LogP contribution in [0.1, 0.15) is 5.56 Å². The Morgan fingerprint density at radius 1 is 1.12 bits per heavy atom. The predicted molar refractivity (Wildman–Crippen MR) is 99.2 cm³/mol. The number of ether oxygens (including phenoxy) is 1. The lowest BCUT2D eigenvalue weighted by Crippen LogP contribution is -2.25. The minimum atomic E-state index is -0.402. The molecule has 0 aliphatic rings. The van der Waals surface area contributed by atoms with Crippen LogP contribution in [0.3, 0.4) is 0 Å². The van der Waals surface area contributed by atoms with E-state index in [9.17, 15) is 4.79 Å².